The standard InChI is InChI=1S/C17H34N4O2/c1-4-9-21-10-5-15(6-11-21)20-16(18-2)19-14-17(22-3)7-12-23-13-8-17/h15H,4-14H2,1-3H3,(H2,18,19,20). The van der Waals surface area contributed by atoms with Crippen LogP contribution in [0.4, 0.5) is 0 Å². The number of methoxy groups -OCH3 is 1. The molecule has 2 aliphatic rings. The fourth-order valence-electron chi connectivity index (χ4n) is 3.45. The van der Waals surface area contributed by atoms with Crippen molar-refractivity contribution in [2.45, 2.75) is 50.7 Å². The molecule has 23 heavy (non-hydrogen) atoms. The number of rotatable bonds is 6. The molecule has 0 bridgehead atoms. The lowest BCUT2D eigenvalue weighted by atomic mass is 9.94. The Morgan fingerprint density at radius 1 is 1.30 bits per heavy atom. The van der Waals surface area contributed by atoms with Crippen LogP contribution in [-0.2, 0) is 9.47 Å². The molecule has 0 aliphatic carbocycles. The smallest absolute Gasteiger partial charge is 0.191 e. The van der Waals surface area contributed by atoms with Crippen molar-refractivity contribution in [1.82, 2.24) is 15.5 Å². The summed E-state index contributed by atoms with van der Waals surface area (Å²) >= 11 is 0. The van der Waals surface area contributed by atoms with Gasteiger partial charge in [-0.05, 0) is 25.8 Å². The Balaban J connectivity index is 1.75. The molecule has 2 fully saturated rings. The zero-order valence-electron chi connectivity index (χ0n) is 15.1. The average molecular weight is 326 g/mol. The van der Waals surface area contributed by atoms with Crippen molar-refractivity contribution in [3.05, 3.63) is 0 Å². The molecule has 0 amide bonds. The molecule has 0 radical (unpaired) electrons. The van der Waals surface area contributed by atoms with Crippen molar-refractivity contribution >= 4 is 5.96 Å². The first kappa shape index (κ1) is 18.5. The highest BCUT2D eigenvalue weighted by atomic mass is 16.5. The number of likely N-dealkylation sites (tertiary alicyclic amines) is 1. The van der Waals surface area contributed by atoms with Gasteiger partial charge in [0.15, 0.2) is 5.96 Å². The Bertz CT molecular complexity index is 362. The van der Waals surface area contributed by atoms with Crippen LogP contribution in [0.3, 0.4) is 0 Å². The van der Waals surface area contributed by atoms with Crippen molar-refractivity contribution in [2.24, 2.45) is 4.99 Å². The van der Waals surface area contributed by atoms with Gasteiger partial charge >= 0.3 is 0 Å². The van der Waals surface area contributed by atoms with E-state index >= 15 is 0 Å². The molecule has 2 N–H and O–H groups in total. The predicted molar refractivity (Wildman–Crippen MR) is 94.0 cm³/mol. The summed E-state index contributed by atoms with van der Waals surface area (Å²) in [6, 6.07) is 0.516. The maximum atomic E-state index is 5.77. The lowest BCUT2D eigenvalue weighted by Crippen LogP contribution is -2.53. The van der Waals surface area contributed by atoms with Gasteiger partial charge in [0.25, 0.3) is 0 Å². The summed E-state index contributed by atoms with van der Waals surface area (Å²) in [6.45, 7) is 8.16. The van der Waals surface area contributed by atoms with Crippen LogP contribution in [0.5, 0.6) is 0 Å². The topological polar surface area (TPSA) is 58.1 Å². The number of ether oxygens (including phenoxy) is 2. The molecule has 0 aromatic carbocycles. The number of piperidine rings is 1. The molecule has 134 valence electrons. The first-order valence-electron chi connectivity index (χ1n) is 9.04. The van der Waals surface area contributed by atoms with Crippen LogP contribution in [0, 0.1) is 0 Å². The van der Waals surface area contributed by atoms with E-state index in [1.54, 1.807) is 7.11 Å². The van der Waals surface area contributed by atoms with Gasteiger partial charge < -0.3 is 25.0 Å². The highest BCUT2D eigenvalue weighted by Crippen LogP contribution is 2.23. The first-order chi connectivity index (χ1) is 11.2. The van der Waals surface area contributed by atoms with Crippen LogP contribution >= 0.6 is 0 Å². The van der Waals surface area contributed by atoms with Crippen LogP contribution in [0.15, 0.2) is 4.99 Å². The van der Waals surface area contributed by atoms with Crippen LogP contribution in [0.2, 0.25) is 0 Å². The molecular weight excluding hydrogens is 292 g/mol. The van der Waals surface area contributed by atoms with Gasteiger partial charge in [-0.2, -0.15) is 0 Å². The van der Waals surface area contributed by atoms with Gasteiger partial charge in [0.05, 0.1) is 5.60 Å². The summed E-state index contributed by atoms with van der Waals surface area (Å²) in [5, 5.41) is 7.03. The lowest BCUT2D eigenvalue weighted by molar-refractivity contribution is -0.0855. The number of hydrogen-bond acceptors (Lipinski definition) is 4. The molecule has 2 aliphatic heterocycles. The number of hydrogen-bond donors (Lipinski definition) is 2. The Hall–Kier alpha value is -0.850. The first-order valence-corrected chi connectivity index (χ1v) is 9.04. The number of nitrogens with zero attached hydrogens (tertiary/aromatic N) is 2. The summed E-state index contributed by atoms with van der Waals surface area (Å²) in [5.41, 5.74) is -0.125. The van der Waals surface area contributed by atoms with E-state index in [1.807, 2.05) is 7.05 Å². The van der Waals surface area contributed by atoms with Crippen molar-refractivity contribution in [3.63, 3.8) is 0 Å². The SMILES string of the molecule is CCCN1CCC(NC(=NC)NCC2(OC)CCOCC2)CC1. The van der Waals surface area contributed by atoms with Crippen molar-refractivity contribution < 1.29 is 9.47 Å². The third-order valence-corrected chi connectivity index (χ3v) is 5.11. The monoisotopic (exact) mass is 326 g/mol. The van der Waals surface area contributed by atoms with Crippen LogP contribution < -0.4 is 10.6 Å². The number of aliphatic imine (C=N–C) groups is 1. The molecule has 6 heteroatoms. The van der Waals surface area contributed by atoms with Crippen molar-refractivity contribution in [2.75, 3.05) is 53.6 Å². The van der Waals surface area contributed by atoms with E-state index in [0.29, 0.717) is 6.04 Å². The average Bonchev–Trinajstić information content (AvgIpc) is 2.61. The Kier molecular flexibility index (Phi) is 7.59. The third-order valence-electron chi connectivity index (χ3n) is 5.11. The minimum Gasteiger partial charge on any atom is -0.381 e. The van der Waals surface area contributed by atoms with Gasteiger partial charge in [-0.15, -0.1) is 0 Å². The molecule has 0 aromatic heterocycles. The maximum Gasteiger partial charge on any atom is 0.191 e. The molecule has 6 nitrogen and oxygen atoms in total. The Morgan fingerprint density at radius 2 is 2.00 bits per heavy atom. The summed E-state index contributed by atoms with van der Waals surface area (Å²) in [4.78, 5) is 6.93. The summed E-state index contributed by atoms with van der Waals surface area (Å²) in [6.07, 6.45) is 5.48. The second-order valence-corrected chi connectivity index (χ2v) is 6.69. The van der Waals surface area contributed by atoms with E-state index in [0.717, 1.165) is 38.6 Å². The van der Waals surface area contributed by atoms with E-state index in [1.165, 1.54) is 38.9 Å². The van der Waals surface area contributed by atoms with Crippen molar-refractivity contribution in [3.8, 4) is 0 Å². The van der Waals surface area contributed by atoms with Crippen LogP contribution in [0.25, 0.3) is 0 Å². The van der Waals surface area contributed by atoms with Gasteiger partial charge in [0.2, 0.25) is 0 Å². The normalized spacial score (nSPS) is 23.7. The fourth-order valence-corrected chi connectivity index (χ4v) is 3.45. The second kappa shape index (κ2) is 9.45. The van der Waals surface area contributed by atoms with Gasteiger partial charge in [-0.1, -0.05) is 6.92 Å². The van der Waals surface area contributed by atoms with Crippen LogP contribution in [0.1, 0.15) is 39.0 Å². The lowest BCUT2D eigenvalue weighted by Gasteiger charge is -2.37. The van der Waals surface area contributed by atoms with E-state index in [4.69, 9.17) is 9.47 Å². The van der Waals surface area contributed by atoms with Crippen molar-refractivity contribution in [1.29, 1.82) is 0 Å². The molecule has 0 atom stereocenters. The second-order valence-electron chi connectivity index (χ2n) is 6.69. The molecule has 0 aromatic rings. The van der Waals surface area contributed by atoms with E-state index in [-0.39, 0.29) is 5.60 Å². The number of guanidine groups is 1. The third kappa shape index (κ3) is 5.62. The highest BCUT2D eigenvalue weighted by Gasteiger charge is 2.32. The Labute approximate surface area is 141 Å². The van der Waals surface area contributed by atoms with E-state index in [9.17, 15) is 0 Å². The molecule has 0 spiro atoms. The van der Waals surface area contributed by atoms with Gasteiger partial charge in [-0.25, -0.2) is 0 Å². The summed E-state index contributed by atoms with van der Waals surface area (Å²) < 4.78 is 11.2. The minimum absolute atomic E-state index is 0.125. The van der Waals surface area contributed by atoms with E-state index in [2.05, 4.69) is 27.4 Å². The predicted octanol–water partition coefficient (Wildman–Crippen LogP) is 1.22. The number of nitrogens with one attached hydrogen (secondary N) is 2. The molecule has 2 rings (SSSR count). The zero-order chi connectivity index (χ0) is 16.5. The summed E-state index contributed by atoms with van der Waals surface area (Å²) in [7, 11) is 3.64. The fraction of sp³-hybridized carbons (Fsp3) is 0.941. The molecular formula is C17H34N4O2. The molecule has 2 saturated heterocycles. The van der Waals surface area contributed by atoms with Gasteiger partial charge in [0, 0.05) is 65.9 Å². The van der Waals surface area contributed by atoms with E-state index < -0.39 is 0 Å². The maximum absolute atomic E-state index is 5.77. The zero-order valence-corrected chi connectivity index (χ0v) is 15.1. The summed E-state index contributed by atoms with van der Waals surface area (Å²) in [5.74, 6) is 0.891. The molecule has 0 saturated carbocycles. The quantitative estimate of drug-likeness (QED) is 0.568. The van der Waals surface area contributed by atoms with Gasteiger partial charge in [0.1, 0.15) is 0 Å². The largest absolute Gasteiger partial charge is 0.381 e. The van der Waals surface area contributed by atoms with Crippen LogP contribution in [-0.4, -0.2) is 76.1 Å². The molecule has 0 unspecified atom stereocenters. The Morgan fingerprint density at radius 3 is 2.57 bits per heavy atom. The molecule has 2 heterocycles. The highest BCUT2D eigenvalue weighted by molar-refractivity contribution is 5.80. The minimum atomic E-state index is -0.125. The van der Waals surface area contributed by atoms with Gasteiger partial charge in [-0.3, -0.25) is 4.99 Å².